The van der Waals surface area contributed by atoms with Crippen molar-refractivity contribution in [1.82, 2.24) is 25.5 Å². The lowest BCUT2D eigenvalue weighted by atomic mass is 9.96. The lowest BCUT2D eigenvalue weighted by Gasteiger charge is -2.20. The molecule has 0 saturated carbocycles. The summed E-state index contributed by atoms with van der Waals surface area (Å²) in [7, 11) is 0. The Labute approximate surface area is 272 Å². The molecule has 0 saturated heterocycles. The number of alkyl carbamates (subject to hydrolysis) is 1. The summed E-state index contributed by atoms with van der Waals surface area (Å²) < 4.78 is 46.0. The number of nitrogens with zero attached hydrogens (tertiary/aromatic N) is 4. The van der Waals surface area contributed by atoms with E-state index in [4.69, 9.17) is 22.9 Å². The molecule has 0 unspecified atom stereocenters. The molecule has 4 rings (SSSR count). The van der Waals surface area contributed by atoms with Crippen molar-refractivity contribution < 1.29 is 27.5 Å². The van der Waals surface area contributed by atoms with Gasteiger partial charge in [0.2, 0.25) is 0 Å². The zero-order valence-corrected chi connectivity index (χ0v) is 26.4. The molecule has 2 heterocycles. The first-order valence-corrected chi connectivity index (χ1v) is 14.4. The molecule has 47 heavy (non-hydrogen) atoms. The van der Waals surface area contributed by atoms with Crippen molar-refractivity contribution in [2.45, 2.75) is 46.0 Å². The molecule has 0 fully saturated rings. The number of ether oxygens (including phenoxy) is 1. The Bertz CT molecular complexity index is 1900. The molecule has 2 amide bonds. The fourth-order valence-electron chi connectivity index (χ4n) is 4.35. The molecule has 0 radical (unpaired) electrons. The van der Waals surface area contributed by atoms with Crippen LogP contribution in [0.2, 0.25) is 5.02 Å². The van der Waals surface area contributed by atoms with E-state index in [-0.39, 0.29) is 34.7 Å². The maximum atomic E-state index is 14.1. The molecule has 3 N–H and O–H groups in total. The maximum absolute atomic E-state index is 14.1. The SMILES string of the molecule is [C-]#[N+]c1ccc(-c2c(-c3ccc(Cl)cc3)c(NNC(=O)CNC(=O)OC(C)(C)C)nn(Cc3ccc(C(F)(F)F)nc3C)c2=O)cc1. The van der Waals surface area contributed by atoms with Crippen molar-refractivity contribution in [3.63, 3.8) is 0 Å². The second kappa shape index (κ2) is 13.9. The molecule has 15 heteroatoms. The number of aryl methyl sites for hydroxylation is 1. The van der Waals surface area contributed by atoms with Gasteiger partial charge in [0.1, 0.15) is 17.8 Å². The van der Waals surface area contributed by atoms with Crippen LogP contribution in [0.5, 0.6) is 0 Å². The molecule has 0 bridgehead atoms. The third kappa shape index (κ3) is 8.86. The van der Waals surface area contributed by atoms with E-state index in [2.05, 4.69) is 31.1 Å². The first-order chi connectivity index (χ1) is 22.1. The highest BCUT2D eigenvalue weighted by atomic mass is 35.5. The van der Waals surface area contributed by atoms with E-state index in [1.165, 1.54) is 25.1 Å². The smallest absolute Gasteiger partial charge is 0.433 e. The van der Waals surface area contributed by atoms with Gasteiger partial charge in [0, 0.05) is 16.3 Å². The standard InChI is InChI=1S/C32H29ClF3N7O4/c1-18-21(10-15-24(39-18)32(34,35)36)17-43-29(45)27(20-8-13-23(37-5)14-9-20)26(19-6-11-22(33)12-7-19)28(42-43)41-40-25(44)16-38-30(46)47-31(2,3)4/h6-15H,16-17H2,1-4H3,(H,38,46)(H,40,44)(H,41,42). The number of amides is 2. The number of anilines is 1. The number of carbonyl (C=O) groups is 2. The van der Waals surface area contributed by atoms with E-state index >= 15 is 0 Å². The minimum atomic E-state index is -4.66. The minimum Gasteiger partial charge on any atom is -0.444 e. The number of rotatable bonds is 8. The van der Waals surface area contributed by atoms with Crippen molar-refractivity contribution >= 4 is 35.1 Å². The first-order valence-electron chi connectivity index (χ1n) is 14.0. The minimum absolute atomic E-state index is 0.0145. The summed E-state index contributed by atoms with van der Waals surface area (Å²) >= 11 is 6.13. The van der Waals surface area contributed by atoms with Crippen LogP contribution >= 0.6 is 11.6 Å². The second-order valence-corrected chi connectivity index (χ2v) is 11.6. The largest absolute Gasteiger partial charge is 0.444 e. The molecule has 11 nitrogen and oxygen atoms in total. The molecular weight excluding hydrogens is 639 g/mol. The third-order valence-electron chi connectivity index (χ3n) is 6.49. The number of carbonyl (C=O) groups excluding carboxylic acids is 2. The molecule has 0 spiro atoms. The number of alkyl halides is 3. The van der Waals surface area contributed by atoms with Crippen LogP contribution in [-0.2, 0) is 22.3 Å². The number of benzene rings is 2. The van der Waals surface area contributed by atoms with E-state index < -0.39 is 41.6 Å². The summed E-state index contributed by atoms with van der Waals surface area (Å²) in [5.74, 6) is -0.706. The van der Waals surface area contributed by atoms with Gasteiger partial charge in [-0.15, -0.1) is 5.10 Å². The zero-order valence-electron chi connectivity index (χ0n) is 25.6. The van der Waals surface area contributed by atoms with Crippen molar-refractivity contribution in [2.24, 2.45) is 0 Å². The highest BCUT2D eigenvalue weighted by Crippen LogP contribution is 2.36. The van der Waals surface area contributed by atoms with Crippen LogP contribution in [0, 0.1) is 13.5 Å². The van der Waals surface area contributed by atoms with E-state index in [1.54, 1.807) is 57.2 Å². The van der Waals surface area contributed by atoms with Gasteiger partial charge in [0.25, 0.3) is 11.5 Å². The molecule has 0 aliphatic heterocycles. The van der Waals surface area contributed by atoms with Crippen molar-refractivity contribution in [3.05, 3.63) is 104 Å². The normalized spacial score (nSPS) is 11.4. The Morgan fingerprint density at radius 3 is 2.17 bits per heavy atom. The third-order valence-corrected chi connectivity index (χ3v) is 6.74. The first kappa shape index (κ1) is 34.5. The molecule has 0 aliphatic carbocycles. The van der Waals surface area contributed by atoms with Crippen LogP contribution < -0.4 is 21.7 Å². The molecule has 2 aromatic heterocycles. The molecule has 4 aromatic rings. The van der Waals surface area contributed by atoms with Gasteiger partial charge in [-0.3, -0.25) is 20.4 Å². The van der Waals surface area contributed by atoms with Gasteiger partial charge in [0.15, 0.2) is 11.5 Å². The van der Waals surface area contributed by atoms with E-state index in [1.807, 2.05) is 0 Å². The van der Waals surface area contributed by atoms with Gasteiger partial charge in [-0.05, 0) is 62.6 Å². The number of aromatic nitrogens is 3. The van der Waals surface area contributed by atoms with Crippen LogP contribution in [-0.4, -0.2) is 38.9 Å². The number of nitrogens with one attached hydrogen (secondary N) is 3. The Kier molecular flexibility index (Phi) is 10.2. The monoisotopic (exact) mass is 667 g/mol. The Hall–Kier alpha value is -5.42. The van der Waals surface area contributed by atoms with E-state index in [0.29, 0.717) is 21.8 Å². The van der Waals surface area contributed by atoms with Gasteiger partial charge in [-0.2, -0.15) is 13.2 Å². The summed E-state index contributed by atoms with van der Waals surface area (Å²) in [5.41, 5.74) is 4.57. The van der Waals surface area contributed by atoms with Gasteiger partial charge in [-0.1, -0.05) is 54.1 Å². The van der Waals surface area contributed by atoms with Crippen LogP contribution in [0.3, 0.4) is 0 Å². The number of halogens is 4. The summed E-state index contributed by atoms with van der Waals surface area (Å²) in [4.78, 5) is 45.9. The predicted octanol–water partition coefficient (Wildman–Crippen LogP) is 6.52. The van der Waals surface area contributed by atoms with Gasteiger partial charge >= 0.3 is 12.3 Å². The molecule has 0 aliphatic rings. The van der Waals surface area contributed by atoms with E-state index in [9.17, 15) is 27.6 Å². The highest BCUT2D eigenvalue weighted by molar-refractivity contribution is 6.30. The number of pyridine rings is 1. The van der Waals surface area contributed by atoms with Crippen LogP contribution in [0.25, 0.3) is 27.1 Å². The Balaban J connectivity index is 1.82. The number of hydrazine groups is 1. The van der Waals surface area contributed by atoms with Crippen LogP contribution in [0.4, 0.5) is 29.5 Å². The zero-order chi connectivity index (χ0) is 34.5. The number of hydrogen-bond acceptors (Lipinski definition) is 7. The van der Waals surface area contributed by atoms with Crippen LogP contribution in [0.1, 0.15) is 37.7 Å². The maximum Gasteiger partial charge on any atom is 0.433 e. The van der Waals surface area contributed by atoms with Gasteiger partial charge in [-0.25, -0.2) is 19.3 Å². The summed E-state index contributed by atoms with van der Waals surface area (Å²) in [5, 5.41) is 7.20. The lowest BCUT2D eigenvalue weighted by Crippen LogP contribution is -2.42. The van der Waals surface area contributed by atoms with E-state index in [0.717, 1.165) is 10.7 Å². The molecule has 2 aromatic carbocycles. The fourth-order valence-corrected chi connectivity index (χ4v) is 4.48. The van der Waals surface area contributed by atoms with Gasteiger partial charge in [0.05, 0.1) is 18.7 Å². The highest BCUT2D eigenvalue weighted by Gasteiger charge is 2.33. The van der Waals surface area contributed by atoms with Crippen molar-refractivity contribution in [1.29, 1.82) is 0 Å². The Morgan fingerprint density at radius 1 is 0.979 bits per heavy atom. The lowest BCUT2D eigenvalue weighted by molar-refractivity contribution is -0.141. The van der Waals surface area contributed by atoms with Crippen molar-refractivity contribution in [3.8, 4) is 22.3 Å². The summed E-state index contributed by atoms with van der Waals surface area (Å²) in [6.45, 7) is 12.9. The number of hydrogen-bond donors (Lipinski definition) is 3. The summed E-state index contributed by atoms with van der Waals surface area (Å²) in [6.07, 6.45) is -5.47. The van der Waals surface area contributed by atoms with Crippen molar-refractivity contribution in [2.75, 3.05) is 12.0 Å². The predicted molar refractivity (Wildman–Crippen MR) is 170 cm³/mol. The topological polar surface area (TPSA) is 132 Å². The van der Waals surface area contributed by atoms with Crippen LogP contribution in [0.15, 0.2) is 65.5 Å². The second-order valence-electron chi connectivity index (χ2n) is 11.2. The fraction of sp³-hybridized carbons (Fsp3) is 0.250. The quantitative estimate of drug-likeness (QED) is 0.144. The molecule has 244 valence electrons. The molecular formula is C32H29ClF3N7O4. The average molecular weight is 668 g/mol. The molecule has 0 atom stereocenters. The summed E-state index contributed by atoms with van der Waals surface area (Å²) in [6, 6.07) is 14.7. The van der Waals surface area contributed by atoms with Gasteiger partial charge < -0.3 is 10.1 Å². The Morgan fingerprint density at radius 2 is 1.60 bits per heavy atom. The average Bonchev–Trinajstić information content (AvgIpc) is 3.00.